The molecule has 202 valence electrons. The van der Waals surface area contributed by atoms with Crippen molar-refractivity contribution in [1.82, 2.24) is 4.90 Å². The predicted molar refractivity (Wildman–Crippen MR) is 155 cm³/mol. The third-order valence-electron chi connectivity index (χ3n) is 6.01. The Balaban J connectivity index is 1.58. The number of rotatable bonds is 10. The van der Waals surface area contributed by atoms with E-state index in [0.29, 0.717) is 35.6 Å². The SMILES string of the molecule is CN(C)CCCN(c1ccc(NC(=O)Nc2ccccc2)cc1)S(=O)(=O)c1cccc(-c2ccc(F)cc2)c1. The van der Waals surface area contributed by atoms with E-state index in [4.69, 9.17) is 0 Å². The van der Waals surface area contributed by atoms with Crippen LogP contribution in [0.2, 0.25) is 0 Å². The van der Waals surface area contributed by atoms with Gasteiger partial charge in [0, 0.05) is 17.9 Å². The molecule has 0 atom stereocenters. The van der Waals surface area contributed by atoms with E-state index in [1.807, 2.05) is 37.2 Å². The quantitative estimate of drug-likeness (QED) is 0.245. The minimum Gasteiger partial charge on any atom is -0.309 e. The smallest absolute Gasteiger partial charge is 0.309 e. The summed E-state index contributed by atoms with van der Waals surface area (Å²) in [5.41, 5.74) is 3.06. The van der Waals surface area contributed by atoms with Crippen molar-refractivity contribution in [3.8, 4) is 11.1 Å². The van der Waals surface area contributed by atoms with E-state index in [1.165, 1.54) is 16.4 Å². The fourth-order valence-corrected chi connectivity index (χ4v) is 5.60. The van der Waals surface area contributed by atoms with Crippen LogP contribution in [0.4, 0.5) is 26.2 Å². The Hall–Kier alpha value is -4.21. The minimum atomic E-state index is -3.93. The molecular weight excluding hydrogens is 515 g/mol. The molecule has 4 aromatic carbocycles. The lowest BCUT2D eigenvalue weighted by Crippen LogP contribution is -2.33. The molecule has 0 unspecified atom stereocenters. The number of anilines is 3. The third kappa shape index (κ3) is 7.43. The lowest BCUT2D eigenvalue weighted by atomic mass is 10.1. The fraction of sp³-hybridized carbons (Fsp3) is 0.167. The third-order valence-corrected chi connectivity index (χ3v) is 7.83. The summed E-state index contributed by atoms with van der Waals surface area (Å²) in [5, 5.41) is 5.52. The molecule has 0 bridgehead atoms. The van der Waals surface area contributed by atoms with Crippen LogP contribution in [0.5, 0.6) is 0 Å². The van der Waals surface area contributed by atoms with Gasteiger partial charge >= 0.3 is 6.03 Å². The zero-order valence-corrected chi connectivity index (χ0v) is 22.7. The van der Waals surface area contributed by atoms with E-state index < -0.39 is 16.1 Å². The summed E-state index contributed by atoms with van der Waals surface area (Å²) in [6.07, 6.45) is 0.614. The van der Waals surface area contributed by atoms with Crippen LogP contribution in [0.15, 0.2) is 108 Å². The number of hydrogen-bond donors (Lipinski definition) is 2. The summed E-state index contributed by atoms with van der Waals surface area (Å²) in [6, 6.07) is 27.9. The van der Waals surface area contributed by atoms with Crippen molar-refractivity contribution >= 4 is 33.1 Å². The predicted octanol–water partition coefficient (Wildman–Crippen LogP) is 6.28. The average molecular weight is 547 g/mol. The molecule has 0 aliphatic heterocycles. The number of amides is 2. The molecule has 4 aromatic rings. The number of nitrogens with zero attached hydrogens (tertiary/aromatic N) is 2. The van der Waals surface area contributed by atoms with Gasteiger partial charge in [-0.25, -0.2) is 17.6 Å². The van der Waals surface area contributed by atoms with Gasteiger partial charge in [0.15, 0.2) is 0 Å². The highest BCUT2D eigenvalue weighted by Crippen LogP contribution is 2.29. The summed E-state index contributed by atoms with van der Waals surface area (Å²) in [7, 11) is -0.0533. The van der Waals surface area contributed by atoms with Crippen LogP contribution < -0.4 is 14.9 Å². The van der Waals surface area contributed by atoms with Crippen LogP contribution in [0, 0.1) is 5.82 Å². The van der Waals surface area contributed by atoms with Crippen LogP contribution in [-0.2, 0) is 10.0 Å². The molecule has 0 saturated heterocycles. The van der Waals surface area contributed by atoms with Gasteiger partial charge in [0.1, 0.15) is 5.82 Å². The number of carbonyl (C=O) groups excluding carboxylic acids is 1. The molecule has 0 aromatic heterocycles. The Morgan fingerprint density at radius 2 is 1.38 bits per heavy atom. The van der Waals surface area contributed by atoms with E-state index in [2.05, 4.69) is 10.6 Å². The van der Waals surface area contributed by atoms with E-state index in [9.17, 15) is 17.6 Å². The van der Waals surface area contributed by atoms with Crippen molar-refractivity contribution < 1.29 is 17.6 Å². The highest BCUT2D eigenvalue weighted by atomic mass is 32.2. The minimum absolute atomic E-state index is 0.138. The zero-order chi connectivity index (χ0) is 27.8. The number of hydrogen-bond acceptors (Lipinski definition) is 4. The van der Waals surface area contributed by atoms with Gasteiger partial charge in [-0.3, -0.25) is 4.31 Å². The normalized spacial score (nSPS) is 11.3. The molecule has 4 rings (SSSR count). The van der Waals surface area contributed by atoms with Crippen molar-refractivity contribution in [2.75, 3.05) is 42.1 Å². The number of halogens is 1. The molecule has 0 aliphatic rings. The number of carbonyl (C=O) groups is 1. The standard InChI is InChI=1S/C30H31FN4O3S/c1-34(2)20-7-21-35(28-18-16-27(17-19-28)33-30(36)32-26-9-4-3-5-10-26)39(37,38)29-11-6-8-24(22-29)23-12-14-25(31)15-13-23/h3-6,8-19,22H,7,20-21H2,1-2H3,(H2,32,33,36). The molecule has 0 heterocycles. The van der Waals surface area contributed by atoms with E-state index >= 15 is 0 Å². The van der Waals surface area contributed by atoms with Crippen LogP contribution in [0.1, 0.15) is 6.42 Å². The molecule has 0 spiro atoms. The molecule has 0 radical (unpaired) electrons. The molecule has 2 N–H and O–H groups in total. The molecule has 0 saturated carbocycles. The van der Waals surface area contributed by atoms with Crippen LogP contribution in [0.25, 0.3) is 11.1 Å². The van der Waals surface area contributed by atoms with E-state index in [1.54, 1.807) is 72.8 Å². The number of sulfonamides is 1. The van der Waals surface area contributed by atoms with Crippen molar-refractivity contribution in [3.05, 3.63) is 109 Å². The summed E-state index contributed by atoms with van der Waals surface area (Å²) in [5.74, 6) is -0.356. The molecule has 2 amide bonds. The highest BCUT2D eigenvalue weighted by molar-refractivity contribution is 7.92. The van der Waals surface area contributed by atoms with E-state index in [0.717, 1.165) is 5.56 Å². The second-order valence-electron chi connectivity index (χ2n) is 9.26. The lowest BCUT2D eigenvalue weighted by molar-refractivity contribution is 0.262. The molecular formula is C30H31FN4O3S. The highest BCUT2D eigenvalue weighted by Gasteiger charge is 2.25. The molecule has 9 heteroatoms. The summed E-state index contributed by atoms with van der Waals surface area (Å²) in [6.45, 7) is 0.976. The van der Waals surface area contributed by atoms with E-state index in [-0.39, 0.29) is 17.3 Å². The van der Waals surface area contributed by atoms with Gasteiger partial charge in [0.05, 0.1) is 10.6 Å². The van der Waals surface area contributed by atoms with Gasteiger partial charge in [-0.15, -0.1) is 0 Å². The maximum Gasteiger partial charge on any atom is 0.323 e. The Morgan fingerprint density at radius 1 is 0.744 bits per heavy atom. The Bertz CT molecular complexity index is 1490. The van der Waals surface area contributed by atoms with Crippen molar-refractivity contribution in [1.29, 1.82) is 0 Å². The van der Waals surface area contributed by atoms with Crippen LogP contribution in [0.3, 0.4) is 0 Å². The molecule has 39 heavy (non-hydrogen) atoms. The second kappa shape index (κ2) is 12.6. The first-order chi connectivity index (χ1) is 18.7. The zero-order valence-electron chi connectivity index (χ0n) is 21.8. The van der Waals surface area contributed by atoms with Gasteiger partial charge in [0.2, 0.25) is 0 Å². The largest absolute Gasteiger partial charge is 0.323 e. The Kier molecular flexibility index (Phi) is 8.96. The Morgan fingerprint density at radius 3 is 2.03 bits per heavy atom. The number of urea groups is 1. The van der Waals surface area contributed by atoms with Gasteiger partial charge in [-0.2, -0.15) is 0 Å². The molecule has 7 nitrogen and oxygen atoms in total. The monoisotopic (exact) mass is 546 g/mol. The van der Waals surface area contributed by atoms with Gasteiger partial charge in [0.25, 0.3) is 10.0 Å². The number of nitrogens with one attached hydrogen (secondary N) is 2. The van der Waals surface area contributed by atoms with Gasteiger partial charge in [-0.1, -0.05) is 42.5 Å². The summed E-state index contributed by atoms with van der Waals surface area (Å²) < 4.78 is 42.6. The number of benzene rings is 4. The molecule has 0 aliphatic carbocycles. The lowest BCUT2D eigenvalue weighted by Gasteiger charge is -2.26. The first kappa shape index (κ1) is 27.8. The van der Waals surface area contributed by atoms with Gasteiger partial charge in [-0.05, 0) is 98.9 Å². The fourth-order valence-electron chi connectivity index (χ4n) is 4.05. The number of para-hydroxylation sites is 1. The van der Waals surface area contributed by atoms with Crippen LogP contribution in [-0.4, -0.2) is 46.5 Å². The maximum atomic E-state index is 13.9. The maximum absolute atomic E-state index is 13.9. The second-order valence-corrected chi connectivity index (χ2v) is 11.1. The Labute approximate surface area is 228 Å². The van der Waals surface area contributed by atoms with Gasteiger partial charge < -0.3 is 15.5 Å². The summed E-state index contributed by atoms with van der Waals surface area (Å²) in [4.78, 5) is 14.5. The average Bonchev–Trinajstić information content (AvgIpc) is 2.92. The summed E-state index contributed by atoms with van der Waals surface area (Å²) >= 11 is 0. The van der Waals surface area contributed by atoms with Crippen molar-refractivity contribution in [2.24, 2.45) is 0 Å². The molecule has 0 fully saturated rings. The first-order valence-corrected chi connectivity index (χ1v) is 13.9. The van der Waals surface area contributed by atoms with Crippen molar-refractivity contribution in [2.45, 2.75) is 11.3 Å². The first-order valence-electron chi connectivity index (χ1n) is 12.5. The topological polar surface area (TPSA) is 81.8 Å². The van der Waals surface area contributed by atoms with Crippen molar-refractivity contribution in [3.63, 3.8) is 0 Å². The van der Waals surface area contributed by atoms with Crippen LogP contribution >= 0.6 is 0 Å².